The molecule has 3 aromatic rings. The van der Waals surface area contributed by atoms with Gasteiger partial charge in [0.1, 0.15) is 16.8 Å². The Morgan fingerprint density at radius 2 is 1.67 bits per heavy atom. The number of aromatic nitrogens is 1. The minimum atomic E-state index is -3.79. The lowest BCUT2D eigenvalue weighted by molar-refractivity contribution is 0.0693. The summed E-state index contributed by atoms with van der Waals surface area (Å²) in [6, 6.07) is 17.7. The van der Waals surface area contributed by atoms with Crippen molar-refractivity contribution < 1.29 is 13.2 Å². The summed E-state index contributed by atoms with van der Waals surface area (Å²) in [5.74, 6) is -0.206. The SMILES string of the molecule is N#Cc1ccccc1S(=O)(=O)N1CCN(C(=O)c2csc(-c3ccccc3)n2)CC1. The van der Waals surface area contributed by atoms with E-state index in [0.29, 0.717) is 5.69 Å². The molecule has 0 radical (unpaired) electrons. The fourth-order valence-corrected chi connectivity index (χ4v) is 5.67. The highest BCUT2D eigenvalue weighted by Crippen LogP contribution is 2.25. The van der Waals surface area contributed by atoms with Crippen LogP contribution in [0.15, 0.2) is 64.9 Å². The molecule has 0 saturated carbocycles. The van der Waals surface area contributed by atoms with Crippen LogP contribution < -0.4 is 0 Å². The molecule has 9 heteroatoms. The van der Waals surface area contributed by atoms with Crippen molar-refractivity contribution in [2.45, 2.75) is 4.90 Å². The molecular weight excluding hydrogens is 420 g/mol. The Hall–Kier alpha value is -3.06. The van der Waals surface area contributed by atoms with Crippen molar-refractivity contribution in [2.75, 3.05) is 26.2 Å². The maximum atomic E-state index is 12.9. The summed E-state index contributed by atoms with van der Waals surface area (Å²) in [5, 5.41) is 11.7. The number of carbonyl (C=O) groups excluding carboxylic acids is 1. The number of nitrogens with zero attached hydrogens (tertiary/aromatic N) is 4. The van der Waals surface area contributed by atoms with Gasteiger partial charge in [-0.1, -0.05) is 42.5 Å². The van der Waals surface area contributed by atoms with Crippen molar-refractivity contribution in [3.63, 3.8) is 0 Å². The lowest BCUT2D eigenvalue weighted by Crippen LogP contribution is -2.50. The van der Waals surface area contributed by atoms with E-state index in [1.54, 1.807) is 22.4 Å². The number of hydrogen-bond acceptors (Lipinski definition) is 6. The van der Waals surface area contributed by atoms with Crippen molar-refractivity contribution in [3.05, 3.63) is 71.2 Å². The van der Waals surface area contributed by atoms with Crippen LogP contribution in [-0.4, -0.2) is 54.7 Å². The number of thiazole rings is 1. The minimum absolute atomic E-state index is 0.000666. The average Bonchev–Trinajstić information content (AvgIpc) is 3.29. The van der Waals surface area contributed by atoms with Crippen molar-refractivity contribution in [1.82, 2.24) is 14.2 Å². The fraction of sp³-hybridized carbons (Fsp3) is 0.190. The van der Waals surface area contributed by atoms with E-state index in [-0.39, 0.29) is 42.5 Å². The molecule has 2 heterocycles. The number of piperazine rings is 1. The van der Waals surface area contributed by atoms with Crippen LogP contribution in [0.4, 0.5) is 0 Å². The number of amides is 1. The molecule has 0 aliphatic carbocycles. The van der Waals surface area contributed by atoms with Gasteiger partial charge in [-0.15, -0.1) is 11.3 Å². The predicted octanol–water partition coefficient (Wildman–Crippen LogP) is 2.83. The highest BCUT2D eigenvalue weighted by Gasteiger charge is 2.32. The zero-order valence-electron chi connectivity index (χ0n) is 15.9. The van der Waals surface area contributed by atoms with Crippen molar-refractivity contribution in [2.24, 2.45) is 0 Å². The first kappa shape index (κ1) is 20.2. The molecule has 1 aliphatic heterocycles. The molecule has 1 amide bonds. The van der Waals surface area contributed by atoms with E-state index in [1.807, 2.05) is 36.4 Å². The monoisotopic (exact) mass is 438 g/mol. The van der Waals surface area contributed by atoms with Gasteiger partial charge in [0.25, 0.3) is 5.91 Å². The molecule has 0 bridgehead atoms. The molecule has 1 saturated heterocycles. The molecule has 1 aliphatic rings. The Kier molecular flexibility index (Phi) is 5.63. The molecule has 0 atom stereocenters. The van der Waals surface area contributed by atoms with Gasteiger partial charge in [0.15, 0.2) is 0 Å². The maximum absolute atomic E-state index is 12.9. The summed E-state index contributed by atoms with van der Waals surface area (Å²) in [6.07, 6.45) is 0. The minimum Gasteiger partial charge on any atom is -0.335 e. The van der Waals surface area contributed by atoms with E-state index in [2.05, 4.69) is 4.98 Å². The lowest BCUT2D eigenvalue weighted by Gasteiger charge is -2.33. The molecule has 0 N–H and O–H groups in total. The molecule has 4 rings (SSSR count). The Labute approximate surface area is 178 Å². The second kappa shape index (κ2) is 8.36. The van der Waals surface area contributed by atoms with E-state index < -0.39 is 10.0 Å². The van der Waals surface area contributed by atoms with Gasteiger partial charge in [0.2, 0.25) is 10.0 Å². The zero-order valence-corrected chi connectivity index (χ0v) is 17.6. The van der Waals surface area contributed by atoms with Crippen molar-refractivity contribution in [3.8, 4) is 16.6 Å². The second-order valence-corrected chi connectivity index (χ2v) is 9.47. The lowest BCUT2D eigenvalue weighted by atomic mass is 10.2. The van der Waals surface area contributed by atoms with Crippen LogP contribution in [-0.2, 0) is 10.0 Å². The molecule has 152 valence electrons. The first-order chi connectivity index (χ1) is 14.5. The molecular formula is C21H18N4O3S2. The smallest absolute Gasteiger partial charge is 0.273 e. The predicted molar refractivity (Wildman–Crippen MR) is 113 cm³/mol. The molecule has 1 aromatic heterocycles. The summed E-state index contributed by atoms with van der Waals surface area (Å²) in [7, 11) is -3.79. The van der Waals surface area contributed by atoms with Gasteiger partial charge in [0, 0.05) is 37.1 Å². The van der Waals surface area contributed by atoms with E-state index in [9.17, 15) is 18.5 Å². The van der Waals surface area contributed by atoms with Gasteiger partial charge in [-0.3, -0.25) is 4.79 Å². The highest BCUT2D eigenvalue weighted by molar-refractivity contribution is 7.89. The van der Waals surface area contributed by atoms with Crippen LogP contribution in [0.1, 0.15) is 16.1 Å². The third kappa shape index (κ3) is 3.85. The van der Waals surface area contributed by atoms with E-state index >= 15 is 0 Å². The Morgan fingerprint density at radius 1 is 1.00 bits per heavy atom. The van der Waals surface area contributed by atoms with Crippen molar-refractivity contribution in [1.29, 1.82) is 5.26 Å². The number of hydrogen-bond donors (Lipinski definition) is 0. The summed E-state index contributed by atoms with van der Waals surface area (Å²) in [4.78, 5) is 18.9. The Morgan fingerprint density at radius 3 is 2.37 bits per heavy atom. The number of carbonyl (C=O) groups is 1. The standard InChI is InChI=1S/C21H18N4O3S2/c22-14-17-8-4-5-9-19(17)30(27,28)25-12-10-24(11-13-25)21(26)18-15-29-20(23-18)16-6-2-1-3-7-16/h1-9,15H,10-13H2. The number of nitriles is 1. The summed E-state index contributed by atoms with van der Waals surface area (Å²) < 4.78 is 27.2. The van der Waals surface area contributed by atoms with Crippen molar-refractivity contribution >= 4 is 27.3 Å². The van der Waals surface area contributed by atoms with Gasteiger partial charge < -0.3 is 4.90 Å². The van der Waals surface area contributed by atoms with Gasteiger partial charge in [-0.2, -0.15) is 9.57 Å². The van der Waals surface area contributed by atoms with Gasteiger partial charge in [-0.25, -0.2) is 13.4 Å². The topological polar surface area (TPSA) is 94.4 Å². The van der Waals surface area contributed by atoms with Crippen LogP contribution in [0.3, 0.4) is 0 Å². The summed E-state index contributed by atoms with van der Waals surface area (Å²) >= 11 is 1.41. The number of benzene rings is 2. The van der Waals surface area contributed by atoms with Crippen LogP contribution in [0, 0.1) is 11.3 Å². The van der Waals surface area contributed by atoms with Gasteiger partial charge in [-0.05, 0) is 12.1 Å². The molecule has 7 nitrogen and oxygen atoms in total. The molecule has 30 heavy (non-hydrogen) atoms. The van der Waals surface area contributed by atoms with E-state index in [0.717, 1.165) is 10.6 Å². The average molecular weight is 439 g/mol. The largest absolute Gasteiger partial charge is 0.335 e. The van der Waals surface area contributed by atoms with Crippen LogP contribution in [0.2, 0.25) is 0 Å². The fourth-order valence-electron chi connectivity index (χ4n) is 3.30. The number of sulfonamides is 1. The van der Waals surface area contributed by atoms with Gasteiger partial charge in [0.05, 0.1) is 10.5 Å². The normalized spacial score (nSPS) is 15.0. The Balaban J connectivity index is 1.45. The first-order valence-electron chi connectivity index (χ1n) is 9.30. The summed E-state index contributed by atoms with van der Waals surface area (Å²) in [6.45, 7) is 0.878. The molecule has 1 fully saturated rings. The maximum Gasteiger partial charge on any atom is 0.273 e. The molecule has 0 unspecified atom stereocenters. The second-order valence-electron chi connectivity index (χ2n) is 6.71. The first-order valence-corrected chi connectivity index (χ1v) is 11.6. The molecule has 2 aromatic carbocycles. The number of rotatable bonds is 4. The zero-order chi connectivity index (χ0) is 21.1. The highest BCUT2D eigenvalue weighted by atomic mass is 32.2. The third-order valence-electron chi connectivity index (χ3n) is 4.90. The van der Waals surface area contributed by atoms with Gasteiger partial charge >= 0.3 is 0 Å². The third-order valence-corrected chi connectivity index (χ3v) is 7.74. The van der Waals surface area contributed by atoms with Crippen LogP contribution >= 0.6 is 11.3 Å². The summed E-state index contributed by atoms with van der Waals surface area (Å²) in [5.41, 5.74) is 1.44. The van der Waals surface area contributed by atoms with E-state index in [4.69, 9.17) is 0 Å². The molecule has 0 spiro atoms. The van der Waals surface area contributed by atoms with E-state index in [1.165, 1.54) is 27.8 Å². The van der Waals surface area contributed by atoms with Crippen LogP contribution in [0.5, 0.6) is 0 Å². The quantitative estimate of drug-likeness (QED) is 0.624. The Bertz CT molecular complexity index is 1210. The van der Waals surface area contributed by atoms with Crippen LogP contribution in [0.25, 0.3) is 10.6 Å².